The third-order valence-electron chi connectivity index (χ3n) is 6.21. The van der Waals surface area contributed by atoms with Crippen LogP contribution < -0.4 is 13.8 Å². The summed E-state index contributed by atoms with van der Waals surface area (Å²) in [4.78, 5) is 0.235. The number of anilines is 1. The van der Waals surface area contributed by atoms with Crippen LogP contribution in [-0.2, 0) is 10.0 Å². The zero-order valence-electron chi connectivity index (χ0n) is 19.2. The number of aryl methyl sites for hydroxylation is 1. The van der Waals surface area contributed by atoms with Crippen molar-refractivity contribution in [1.29, 1.82) is 0 Å². The van der Waals surface area contributed by atoms with Crippen LogP contribution in [0.4, 0.5) is 5.69 Å². The van der Waals surface area contributed by atoms with Gasteiger partial charge in [0.15, 0.2) is 0 Å². The zero-order valence-corrected chi connectivity index (χ0v) is 20.0. The van der Waals surface area contributed by atoms with Crippen LogP contribution in [0.25, 0.3) is 11.1 Å². The number of ether oxygens (including phenoxy) is 2. The summed E-state index contributed by atoms with van der Waals surface area (Å²) in [6.07, 6.45) is 0. The van der Waals surface area contributed by atoms with E-state index >= 15 is 0 Å². The minimum atomic E-state index is -3.94. The Morgan fingerprint density at radius 2 is 1.35 bits per heavy atom. The van der Waals surface area contributed by atoms with Gasteiger partial charge in [0, 0.05) is 11.6 Å². The van der Waals surface area contributed by atoms with Gasteiger partial charge in [0.1, 0.15) is 11.5 Å². The van der Waals surface area contributed by atoms with Gasteiger partial charge in [0.05, 0.1) is 30.8 Å². The van der Waals surface area contributed by atoms with E-state index < -0.39 is 16.1 Å². The quantitative estimate of drug-likeness (QED) is 0.359. The first-order chi connectivity index (χ1) is 16.4. The SMILES string of the molecule is COc1ccc2c(c1)C(c1ccccc1)N(S(=O)(=O)c1ccc(C)cc1)c1cc(OC)ccc1-2. The molecule has 1 aliphatic rings. The summed E-state index contributed by atoms with van der Waals surface area (Å²) in [7, 11) is -0.747. The molecular formula is C28H25NO4S. The molecule has 4 aromatic carbocycles. The second kappa shape index (κ2) is 8.54. The minimum absolute atomic E-state index is 0.235. The monoisotopic (exact) mass is 471 g/mol. The molecule has 0 amide bonds. The third kappa shape index (κ3) is 3.60. The smallest absolute Gasteiger partial charge is 0.265 e. The number of hydrogen-bond acceptors (Lipinski definition) is 4. The molecule has 1 atom stereocenters. The maximum absolute atomic E-state index is 14.3. The van der Waals surface area contributed by atoms with Gasteiger partial charge < -0.3 is 9.47 Å². The number of sulfonamides is 1. The van der Waals surface area contributed by atoms with Crippen LogP contribution in [-0.4, -0.2) is 22.6 Å². The summed E-state index contributed by atoms with van der Waals surface area (Å²) in [6.45, 7) is 1.94. The van der Waals surface area contributed by atoms with Crippen LogP contribution in [0, 0.1) is 6.92 Å². The standard InChI is InChI=1S/C28H25NO4S/c1-19-9-13-23(14-10-19)34(30,31)29-27-18-22(33-3)12-16-25(27)24-15-11-21(32-2)17-26(24)28(29)20-7-5-4-6-8-20/h4-18,28H,1-3H3. The Morgan fingerprint density at radius 1 is 0.735 bits per heavy atom. The fraction of sp³-hybridized carbons (Fsp3) is 0.143. The van der Waals surface area contributed by atoms with Crippen molar-refractivity contribution in [3.63, 3.8) is 0 Å². The van der Waals surface area contributed by atoms with Gasteiger partial charge in [-0.25, -0.2) is 8.42 Å². The van der Waals surface area contributed by atoms with Crippen molar-refractivity contribution in [3.05, 3.63) is 108 Å². The van der Waals surface area contributed by atoms with Crippen molar-refractivity contribution in [1.82, 2.24) is 0 Å². The highest BCUT2D eigenvalue weighted by Gasteiger charge is 2.40. The molecule has 0 spiro atoms. The molecule has 4 aromatic rings. The van der Waals surface area contributed by atoms with Crippen molar-refractivity contribution in [3.8, 4) is 22.6 Å². The van der Waals surface area contributed by atoms with Crippen LogP contribution in [0.1, 0.15) is 22.7 Å². The maximum Gasteiger partial charge on any atom is 0.265 e. The van der Waals surface area contributed by atoms with Crippen molar-refractivity contribution < 1.29 is 17.9 Å². The normalized spacial score (nSPS) is 14.8. The van der Waals surface area contributed by atoms with Crippen LogP contribution in [0.5, 0.6) is 11.5 Å². The molecule has 1 heterocycles. The lowest BCUT2D eigenvalue weighted by molar-refractivity contribution is 0.413. The molecular weight excluding hydrogens is 446 g/mol. The second-order valence-electron chi connectivity index (χ2n) is 8.26. The molecule has 0 saturated heterocycles. The van der Waals surface area contributed by atoms with E-state index in [2.05, 4.69) is 0 Å². The topological polar surface area (TPSA) is 55.8 Å². The Bertz CT molecular complexity index is 1450. The molecule has 1 aliphatic heterocycles. The number of methoxy groups -OCH3 is 2. The van der Waals surface area contributed by atoms with Crippen molar-refractivity contribution in [2.24, 2.45) is 0 Å². The Labute approximate surface area is 200 Å². The Morgan fingerprint density at radius 3 is 2.00 bits per heavy atom. The van der Waals surface area contributed by atoms with Gasteiger partial charge in [-0.3, -0.25) is 4.31 Å². The lowest BCUT2D eigenvalue weighted by atomic mass is 9.86. The van der Waals surface area contributed by atoms with Gasteiger partial charge in [-0.2, -0.15) is 0 Å². The Hall–Kier alpha value is -3.77. The molecule has 6 heteroatoms. The number of benzene rings is 4. The van der Waals surface area contributed by atoms with E-state index in [1.54, 1.807) is 32.4 Å². The largest absolute Gasteiger partial charge is 0.497 e. The first kappa shape index (κ1) is 22.0. The predicted octanol–water partition coefficient (Wildman–Crippen LogP) is 5.98. The van der Waals surface area contributed by atoms with E-state index in [0.29, 0.717) is 17.2 Å². The van der Waals surface area contributed by atoms with Gasteiger partial charge >= 0.3 is 0 Å². The number of fused-ring (bicyclic) bond motifs is 3. The molecule has 0 aliphatic carbocycles. The molecule has 1 unspecified atom stereocenters. The van der Waals surface area contributed by atoms with E-state index in [0.717, 1.165) is 27.8 Å². The van der Waals surface area contributed by atoms with Crippen molar-refractivity contribution >= 4 is 15.7 Å². The highest BCUT2D eigenvalue weighted by molar-refractivity contribution is 7.92. The summed E-state index contributed by atoms with van der Waals surface area (Å²) >= 11 is 0. The van der Waals surface area contributed by atoms with E-state index in [1.807, 2.05) is 79.7 Å². The fourth-order valence-corrected chi connectivity index (χ4v) is 6.13. The minimum Gasteiger partial charge on any atom is -0.497 e. The summed E-state index contributed by atoms with van der Waals surface area (Å²) in [5, 5.41) is 0. The number of rotatable bonds is 5. The molecule has 5 nitrogen and oxygen atoms in total. The molecule has 0 saturated carbocycles. The summed E-state index contributed by atoms with van der Waals surface area (Å²) in [5.74, 6) is 1.26. The number of nitrogens with zero attached hydrogens (tertiary/aromatic N) is 1. The highest BCUT2D eigenvalue weighted by atomic mass is 32.2. The first-order valence-electron chi connectivity index (χ1n) is 11.0. The molecule has 34 heavy (non-hydrogen) atoms. The Kier molecular flexibility index (Phi) is 5.54. The van der Waals surface area contributed by atoms with Crippen LogP contribution >= 0.6 is 0 Å². The molecule has 5 rings (SSSR count). The molecule has 0 fully saturated rings. The van der Waals surface area contributed by atoms with Crippen LogP contribution in [0.3, 0.4) is 0 Å². The van der Waals surface area contributed by atoms with E-state index in [-0.39, 0.29) is 4.90 Å². The summed E-state index contributed by atoms with van der Waals surface area (Å²) in [5.41, 5.74) is 5.07. The summed E-state index contributed by atoms with van der Waals surface area (Å²) < 4.78 is 41.1. The lowest BCUT2D eigenvalue weighted by Gasteiger charge is -2.39. The van der Waals surface area contributed by atoms with Gasteiger partial charge in [0.2, 0.25) is 0 Å². The molecule has 172 valence electrons. The van der Waals surface area contributed by atoms with E-state index in [4.69, 9.17) is 9.47 Å². The van der Waals surface area contributed by atoms with Crippen LogP contribution in [0.2, 0.25) is 0 Å². The van der Waals surface area contributed by atoms with Crippen molar-refractivity contribution in [2.45, 2.75) is 17.9 Å². The number of hydrogen-bond donors (Lipinski definition) is 0. The fourth-order valence-electron chi connectivity index (χ4n) is 4.50. The van der Waals surface area contributed by atoms with Crippen LogP contribution in [0.15, 0.2) is 95.9 Å². The molecule has 0 radical (unpaired) electrons. The zero-order chi connectivity index (χ0) is 23.9. The van der Waals surface area contributed by atoms with Gasteiger partial charge in [-0.15, -0.1) is 0 Å². The first-order valence-corrected chi connectivity index (χ1v) is 12.4. The third-order valence-corrected chi connectivity index (χ3v) is 8.01. The van der Waals surface area contributed by atoms with Gasteiger partial charge in [0.25, 0.3) is 10.0 Å². The molecule has 0 aromatic heterocycles. The lowest BCUT2D eigenvalue weighted by Crippen LogP contribution is -2.38. The molecule has 0 N–H and O–H groups in total. The van der Waals surface area contributed by atoms with Gasteiger partial charge in [-0.05, 0) is 60.0 Å². The predicted molar refractivity (Wildman–Crippen MR) is 134 cm³/mol. The highest BCUT2D eigenvalue weighted by Crippen LogP contribution is 2.51. The van der Waals surface area contributed by atoms with E-state index in [9.17, 15) is 8.42 Å². The molecule has 0 bridgehead atoms. The average Bonchev–Trinajstić information content (AvgIpc) is 2.87. The summed E-state index contributed by atoms with van der Waals surface area (Å²) in [6, 6.07) is 27.4. The van der Waals surface area contributed by atoms with E-state index in [1.165, 1.54) is 4.31 Å². The Balaban J connectivity index is 1.85. The second-order valence-corrected chi connectivity index (χ2v) is 10.1. The van der Waals surface area contributed by atoms with Gasteiger partial charge in [-0.1, -0.05) is 54.1 Å². The maximum atomic E-state index is 14.3. The van der Waals surface area contributed by atoms with Crippen molar-refractivity contribution in [2.75, 3.05) is 18.5 Å². The average molecular weight is 472 g/mol.